The molecule has 2 nitrogen and oxygen atoms in total. The Morgan fingerprint density at radius 3 is 1.00 bits per heavy atom. The van der Waals surface area contributed by atoms with Crippen molar-refractivity contribution in [1.29, 1.82) is 0 Å². The van der Waals surface area contributed by atoms with Crippen molar-refractivity contribution in [2.75, 3.05) is 0 Å². The second-order valence-corrected chi connectivity index (χ2v) is 17.2. The number of aryl methyl sites for hydroxylation is 4. The molecular weight excluding hydrogens is 665 g/mol. The van der Waals surface area contributed by atoms with Crippen LogP contribution in [0.4, 0.5) is 0 Å². The van der Waals surface area contributed by atoms with E-state index in [0.29, 0.717) is 0 Å². The Bertz CT molecular complexity index is 1420. The van der Waals surface area contributed by atoms with Crippen LogP contribution in [0.2, 0.25) is 0 Å². The number of benzene rings is 2. The van der Waals surface area contributed by atoms with E-state index in [9.17, 15) is 5.53 Å². The lowest BCUT2D eigenvalue weighted by molar-refractivity contribution is -0.345. The minimum absolute atomic E-state index is 1.03. The van der Waals surface area contributed by atoms with Gasteiger partial charge in [-0.1, -0.05) is 145 Å². The van der Waals surface area contributed by atoms with Gasteiger partial charge in [0.25, 0.3) is 0 Å². The highest BCUT2D eigenvalue weighted by Crippen LogP contribution is 2.44. The number of rotatable bonds is 31. The molecule has 1 heterocycles. The first-order valence-electron chi connectivity index (χ1n) is 24.1. The van der Waals surface area contributed by atoms with Crippen LogP contribution < -0.4 is 0 Å². The molecule has 0 aromatic heterocycles. The third kappa shape index (κ3) is 14.4. The molecule has 2 aromatic carbocycles. The first-order chi connectivity index (χ1) is 26.9. The summed E-state index contributed by atoms with van der Waals surface area (Å²) in [5.41, 5.74) is 29.5. The van der Waals surface area contributed by atoms with Crippen molar-refractivity contribution in [2.45, 2.75) is 242 Å². The summed E-state index contributed by atoms with van der Waals surface area (Å²) in [6, 6.07) is 10.1. The Labute approximate surface area is 342 Å². The van der Waals surface area contributed by atoms with E-state index in [1.807, 2.05) is 0 Å². The van der Waals surface area contributed by atoms with Crippen molar-refractivity contribution in [3.63, 3.8) is 0 Å². The van der Waals surface area contributed by atoms with E-state index in [-0.39, 0.29) is 0 Å². The lowest BCUT2D eigenvalue weighted by Crippen LogP contribution is -2.09. The molecule has 0 bridgehead atoms. The highest BCUT2D eigenvalue weighted by atomic mass is 15.2. The number of unbranched alkanes of at least 4 members (excludes halogenated alkanes) is 15. The Morgan fingerprint density at radius 1 is 0.364 bits per heavy atom. The molecule has 0 radical (unpaired) electrons. The van der Waals surface area contributed by atoms with Gasteiger partial charge < -0.3 is 5.53 Å². The van der Waals surface area contributed by atoms with E-state index >= 15 is 0 Å². The molecule has 0 saturated carbocycles. The standard InChI is InChI=1S/C53H86N2/c1-9-16-23-30-35-49-42(8)52(47-38-43(31-24-17-10-2)50(36-28-21-14-6)44(39-47)32-25-18-11-3)55(54)53(49)48-40-45(33-26-19-12-4)51(37-29-22-15-7)46(41-48)34-27-20-13-5/h38-41H,9-37H2,1-8H3. The second-order valence-electron chi connectivity index (χ2n) is 17.2. The molecule has 1 aliphatic rings. The Balaban J connectivity index is 2.25. The molecule has 55 heavy (non-hydrogen) atoms. The maximum absolute atomic E-state index is 12.7. The fourth-order valence-corrected chi connectivity index (χ4v) is 9.16. The monoisotopic (exact) mass is 751 g/mol. The molecule has 2 aromatic rings. The number of hydrogen-bond acceptors (Lipinski definition) is 0. The molecule has 0 unspecified atom stereocenters. The van der Waals surface area contributed by atoms with Gasteiger partial charge in [-0.05, 0) is 154 Å². The summed E-state index contributed by atoms with van der Waals surface area (Å²) in [4.78, 5) is 0. The molecule has 0 spiro atoms. The summed E-state index contributed by atoms with van der Waals surface area (Å²) in [6.45, 7) is 18.6. The zero-order valence-corrected chi connectivity index (χ0v) is 37.7. The van der Waals surface area contributed by atoms with Crippen molar-refractivity contribution in [2.24, 2.45) is 0 Å². The van der Waals surface area contributed by atoms with Crippen molar-refractivity contribution in [1.82, 2.24) is 0 Å². The zero-order valence-electron chi connectivity index (χ0n) is 37.7. The van der Waals surface area contributed by atoms with Crippen LogP contribution in [0.15, 0.2) is 35.4 Å². The summed E-state index contributed by atoms with van der Waals surface area (Å²) >= 11 is 0. The maximum atomic E-state index is 12.7. The van der Waals surface area contributed by atoms with Crippen LogP contribution in [0.25, 0.3) is 16.9 Å². The van der Waals surface area contributed by atoms with Crippen LogP contribution in [0.1, 0.15) is 248 Å². The van der Waals surface area contributed by atoms with Crippen LogP contribution in [0.5, 0.6) is 0 Å². The maximum Gasteiger partial charge on any atom is 0.211 e. The molecule has 308 valence electrons. The van der Waals surface area contributed by atoms with Gasteiger partial charge in [0.2, 0.25) is 11.4 Å². The number of allylic oxidation sites excluding steroid dienone is 2. The molecular formula is C53H86N2. The van der Waals surface area contributed by atoms with Crippen molar-refractivity contribution in [3.8, 4) is 0 Å². The highest BCUT2D eigenvalue weighted by molar-refractivity contribution is 5.82. The van der Waals surface area contributed by atoms with Gasteiger partial charge in [0.15, 0.2) is 0 Å². The van der Waals surface area contributed by atoms with E-state index in [2.05, 4.69) is 79.7 Å². The Morgan fingerprint density at radius 2 is 0.655 bits per heavy atom. The average molecular weight is 751 g/mol. The van der Waals surface area contributed by atoms with E-state index in [4.69, 9.17) is 0 Å². The van der Waals surface area contributed by atoms with E-state index in [0.717, 1.165) is 43.5 Å². The second kappa shape index (κ2) is 27.2. The normalized spacial score (nSPS) is 13.3. The molecule has 0 aliphatic carbocycles. The molecule has 3 rings (SSSR count). The molecule has 1 aliphatic heterocycles. The fourth-order valence-electron chi connectivity index (χ4n) is 9.16. The van der Waals surface area contributed by atoms with Crippen LogP contribution in [-0.2, 0) is 38.5 Å². The summed E-state index contributed by atoms with van der Waals surface area (Å²) in [5.74, 6) is 0. The first kappa shape index (κ1) is 46.9. The molecule has 0 atom stereocenters. The molecule has 0 N–H and O–H groups in total. The minimum atomic E-state index is 1.03. The van der Waals surface area contributed by atoms with E-state index < -0.39 is 0 Å². The molecule has 2 heteroatoms. The molecule has 0 fully saturated rings. The predicted octanol–water partition coefficient (Wildman–Crippen LogP) is 17.2. The van der Waals surface area contributed by atoms with Crippen molar-refractivity contribution in [3.05, 3.63) is 85.5 Å². The highest BCUT2D eigenvalue weighted by Gasteiger charge is 2.35. The van der Waals surface area contributed by atoms with Gasteiger partial charge in [0.05, 0.1) is 0 Å². The largest absolute Gasteiger partial charge is 0.493 e. The van der Waals surface area contributed by atoms with Crippen LogP contribution in [-0.4, -0.2) is 4.70 Å². The Kier molecular flexibility index (Phi) is 23.2. The van der Waals surface area contributed by atoms with Crippen LogP contribution in [0, 0.1) is 0 Å². The quantitative estimate of drug-likeness (QED) is 0.0542. The van der Waals surface area contributed by atoms with Gasteiger partial charge >= 0.3 is 0 Å². The summed E-state index contributed by atoms with van der Waals surface area (Å²) < 4.78 is 1.68. The third-order valence-corrected chi connectivity index (χ3v) is 12.5. The van der Waals surface area contributed by atoms with Gasteiger partial charge in [-0.25, -0.2) is 4.70 Å². The number of nitrogens with zero attached hydrogens (tertiary/aromatic N) is 2. The van der Waals surface area contributed by atoms with Gasteiger partial charge in [0, 0.05) is 22.3 Å². The van der Waals surface area contributed by atoms with Crippen molar-refractivity contribution >= 4 is 11.4 Å². The summed E-state index contributed by atoms with van der Waals surface area (Å²) in [6.07, 6.45) is 35.7. The summed E-state index contributed by atoms with van der Waals surface area (Å²) in [7, 11) is 0. The SMILES string of the molecule is CCCCCCC1=C(c2cc(CCCCC)c(CCCCC)c(CCCCC)c2)[N+](=[N-])C(c2cc(CCCCC)c(CCCCC)c(CCCCC)c2)=C1C. The number of hydrogen-bond donors (Lipinski definition) is 0. The van der Waals surface area contributed by atoms with Gasteiger partial charge in [-0.3, -0.25) is 0 Å². The van der Waals surface area contributed by atoms with E-state index in [1.165, 1.54) is 176 Å². The fraction of sp³-hybridized carbons (Fsp3) is 0.698. The lowest BCUT2D eigenvalue weighted by atomic mass is 9.86. The molecule has 0 saturated heterocycles. The molecule has 0 amide bonds. The predicted molar refractivity (Wildman–Crippen MR) is 244 cm³/mol. The topological polar surface area (TPSA) is 25.3 Å². The summed E-state index contributed by atoms with van der Waals surface area (Å²) in [5, 5.41) is 0. The zero-order chi connectivity index (χ0) is 39.8. The lowest BCUT2D eigenvalue weighted by Gasteiger charge is -2.20. The minimum Gasteiger partial charge on any atom is -0.493 e. The van der Waals surface area contributed by atoms with Crippen LogP contribution in [0.3, 0.4) is 0 Å². The third-order valence-electron chi connectivity index (χ3n) is 12.5. The smallest absolute Gasteiger partial charge is 0.211 e. The van der Waals surface area contributed by atoms with Crippen LogP contribution >= 0.6 is 0 Å². The van der Waals surface area contributed by atoms with Crippen molar-refractivity contribution < 1.29 is 4.70 Å². The van der Waals surface area contributed by atoms with Gasteiger partial charge in [-0.2, -0.15) is 0 Å². The first-order valence-corrected chi connectivity index (χ1v) is 24.1. The Hall–Kier alpha value is -2.48. The van der Waals surface area contributed by atoms with Gasteiger partial charge in [0.1, 0.15) is 0 Å². The van der Waals surface area contributed by atoms with Gasteiger partial charge in [-0.15, -0.1) is 0 Å². The van der Waals surface area contributed by atoms with E-state index in [1.54, 1.807) is 38.1 Å². The average Bonchev–Trinajstić information content (AvgIpc) is 3.43.